The van der Waals surface area contributed by atoms with Crippen LogP contribution in [0.5, 0.6) is 0 Å². The first kappa shape index (κ1) is 18.4. The van der Waals surface area contributed by atoms with Gasteiger partial charge in [0.15, 0.2) is 0 Å². The first-order chi connectivity index (χ1) is 10.8. The van der Waals surface area contributed by atoms with E-state index in [1.165, 1.54) is 7.11 Å². The van der Waals surface area contributed by atoms with Crippen molar-refractivity contribution < 1.29 is 33.5 Å². The molecule has 10 nitrogen and oxygen atoms in total. The molecule has 0 saturated carbocycles. The van der Waals surface area contributed by atoms with Crippen LogP contribution in [-0.4, -0.2) is 54.5 Å². The van der Waals surface area contributed by atoms with Crippen LogP contribution in [0.2, 0.25) is 0 Å². The van der Waals surface area contributed by atoms with Crippen LogP contribution < -0.4 is 10.6 Å². The number of nitrogens with zero attached hydrogens (tertiary/aromatic N) is 1. The summed E-state index contributed by atoms with van der Waals surface area (Å²) >= 11 is 0. The second-order valence-electron chi connectivity index (χ2n) is 5.12. The molecule has 128 valence electrons. The predicted octanol–water partition coefficient (Wildman–Crippen LogP) is -0.910. The van der Waals surface area contributed by atoms with Gasteiger partial charge in [0.1, 0.15) is 12.6 Å². The summed E-state index contributed by atoms with van der Waals surface area (Å²) in [6.45, 7) is 2.84. The van der Waals surface area contributed by atoms with E-state index in [9.17, 15) is 24.0 Å². The van der Waals surface area contributed by atoms with Gasteiger partial charge in [0.25, 0.3) is 11.8 Å². The summed E-state index contributed by atoms with van der Waals surface area (Å²) < 4.78 is 4.56. The average Bonchev–Trinajstić information content (AvgIpc) is 2.81. The summed E-state index contributed by atoms with van der Waals surface area (Å²) in [7, 11) is 1.19. The molecule has 1 saturated heterocycles. The summed E-state index contributed by atoms with van der Waals surface area (Å²) in [6.07, 6.45) is -0.0373. The highest BCUT2D eigenvalue weighted by Crippen LogP contribution is 2.11. The van der Waals surface area contributed by atoms with E-state index < -0.39 is 42.4 Å². The summed E-state index contributed by atoms with van der Waals surface area (Å²) in [6, 6.07) is -1.66. The molecule has 1 aliphatic rings. The third-order valence-electron chi connectivity index (χ3n) is 3.00. The fraction of sp³-hybridized carbons (Fsp3) is 0.615. The number of methoxy groups -OCH3 is 1. The molecule has 0 aliphatic carbocycles. The molecular weight excluding hydrogens is 310 g/mol. The molecule has 4 amide bonds. The first-order valence-corrected chi connectivity index (χ1v) is 6.95. The molecule has 0 bridgehead atoms. The minimum absolute atomic E-state index is 0.0186. The number of carbonyl (C=O) groups is 5. The van der Waals surface area contributed by atoms with Crippen LogP contribution in [-0.2, 0) is 28.8 Å². The summed E-state index contributed by atoms with van der Waals surface area (Å²) in [5.41, 5.74) is 0. The van der Waals surface area contributed by atoms with Crippen LogP contribution in [0.15, 0.2) is 0 Å². The fourth-order valence-corrected chi connectivity index (χ4v) is 1.76. The maximum absolute atomic E-state index is 11.7. The Balaban J connectivity index is 2.43. The number of ether oxygens (including phenoxy) is 1. The monoisotopic (exact) mass is 329 g/mol. The number of hydroxylamine groups is 2. The Kier molecular flexibility index (Phi) is 6.49. The Bertz CT molecular complexity index is 502. The standard InChI is InChI=1S/C13H19N3O7/c1-7(2)11(12(20)22-3)15-13(21)14-6-10(19)23-16-8(17)4-5-9(16)18/h7,11H,4-6H2,1-3H3,(H2,14,15,21)/t11-/m0/s1. The predicted molar refractivity (Wildman–Crippen MR) is 74.4 cm³/mol. The second kappa shape index (κ2) is 8.11. The lowest BCUT2D eigenvalue weighted by Crippen LogP contribution is -2.50. The van der Waals surface area contributed by atoms with Crippen molar-refractivity contribution in [3.05, 3.63) is 0 Å². The molecule has 0 aromatic heterocycles. The molecule has 10 heteroatoms. The number of amides is 4. The lowest BCUT2D eigenvalue weighted by Gasteiger charge is -2.20. The van der Waals surface area contributed by atoms with Crippen molar-refractivity contribution >= 4 is 29.8 Å². The quantitative estimate of drug-likeness (QED) is 0.476. The Morgan fingerprint density at radius 2 is 1.74 bits per heavy atom. The van der Waals surface area contributed by atoms with Crippen molar-refractivity contribution in [2.24, 2.45) is 5.92 Å². The van der Waals surface area contributed by atoms with Crippen LogP contribution in [0.25, 0.3) is 0 Å². The van der Waals surface area contributed by atoms with Gasteiger partial charge < -0.3 is 20.2 Å². The number of hydrogen-bond donors (Lipinski definition) is 2. The normalized spacial score (nSPS) is 15.4. The van der Waals surface area contributed by atoms with Crippen LogP contribution in [0.4, 0.5) is 4.79 Å². The van der Waals surface area contributed by atoms with Gasteiger partial charge in [0.2, 0.25) is 0 Å². The summed E-state index contributed by atoms with van der Waals surface area (Å²) in [4.78, 5) is 61.8. The fourth-order valence-electron chi connectivity index (χ4n) is 1.76. The number of nitrogens with one attached hydrogen (secondary N) is 2. The van der Waals surface area contributed by atoms with E-state index >= 15 is 0 Å². The highest BCUT2D eigenvalue weighted by Gasteiger charge is 2.33. The molecule has 23 heavy (non-hydrogen) atoms. The number of hydrogen-bond acceptors (Lipinski definition) is 7. The number of urea groups is 1. The average molecular weight is 329 g/mol. The number of esters is 1. The highest BCUT2D eigenvalue weighted by atomic mass is 16.7. The van der Waals surface area contributed by atoms with Crippen molar-refractivity contribution in [3.8, 4) is 0 Å². The van der Waals surface area contributed by atoms with Crippen LogP contribution in [0, 0.1) is 5.92 Å². The zero-order chi connectivity index (χ0) is 17.6. The molecule has 0 aromatic rings. The number of carbonyl (C=O) groups excluding carboxylic acids is 5. The number of rotatable bonds is 6. The molecule has 1 aliphatic heterocycles. The SMILES string of the molecule is COC(=O)[C@@H](NC(=O)NCC(=O)ON1C(=O)CCC1=O)C(C)C. The molecule has 1 atom stereocenters. The Hall–Kier alpha value is -2.65. The lowest BCUT2D eigenvalue weighted by atomic mass is 10.1. The molecule has 0 spiro atoms. The minimum atomic E-state index is -0.983. The Morgan fingerprint density at radius 1 is 1.17 bits per heavy atom. The van der Waals surface area contributed by atoms with Crippen LogP contribution in [0.1, 0.15) is 26.7 Å². The molecule has 0 radical (unpaired) electrons. The van der Waals surface area contributed by atoms with Crippen molar-refractivity contribution in [3.63, 3.8) is 0 Å². The van der Waals surface area contributed by atoms with Crippen molar-refractivity contribution in [1.82, 2.24) is 15.7 Å². The van der Waals surface area contributed by atoms with E-state index in [0.29, 0.717) is 5.06 Å². The van der Waals surface area contributed by atoms with Gasteiger partial charge in [0, 0.05) is 12.8 Å². The molecule has 1 fully saturated rings. The molecule has 0 unspecified atom stereocenters. The third-order valence-corrected chi connectivity index (χ3v) is 3.00. The van der Waals surface area contributed by atoms with E-state index in [-0.39, 0.29) is 18.8 Å². The van der Waals surface area contributed by atoms with E-state index in [4.69, 9.17) is 0 Å². The lowest BCUT2D eigenvalue weighted by molar-refractivity contribution is -0.196. The van der Waals surface area contributed by atoms with Crippen molar-refractivity contribution in [2.45, 2.75) is 32.7 Å². The topological polar surface area (TPSA) is 131 Å². The third kappa shape index (κ3) is 5.24. The van der Waals surface area contributed by atoms with Gasteiger partial charge in [-0.3, -0.25) is 9.59 Å². The van der Waals surface area contributed by atoms with Gasteiger partial charge >= 0.3 is 18.0 Å². The van der Waals surface area contributed by atoms with E-state index in [1.54, 1.807) is 13.8 Å². The smallest absolute Gasteiger partial charge is 0.352 e. The van der Waals surface area contributed by atoms with Crippen molar-refractivity contribution in [1.29, 1.82) is 0 Å². The second-order valence-corrected chi connectivity index (χ2v) is 5.12. The van der Waals surface area contributed by atoms with E-state index in [0.717, 1.165) is 0 Å². The van der Waals surface area contributed by atoms with Gasteiger partial charge in [0.05, 0.1) is 7.11 Å². The molecule has 2 N–H and O–H groups in total. The maximum Gasteiger partial charge on any atom is 0.352 e. The highest BCUT2D eigenvalue weighted by molar-refractivity contribution is 6.01. The van der Waals surface area contributed by atoms with Gasteiger partial charge in [-0.1, -0.05) is 13.8 Å². The summed E-state index contributed by atoms with van der Waals surface area (Å²) in [5, 5.41) is 4.90. The zero-order valence-corrected chi connectivity index (χ0v) is 13.1. The van der Waals surface area contributed by atoms with Gasteiger partial charge in [-0.05, 0) is 5.92 Å². The van der Waals surface area contributed by atoms with Gasteiger partial charge in [-0.25, -0.2) is 14.4 Å². The molecule has 1 heterocycles. The van der Waals surface area contributed by atoms with Crippen LogP contribution >= 0.6 is 0 Å². The molecule has 1 rings (SSSR count). The van der Waals surface area contributed by atoms with E-state index in [1.807, 2.05) is 0 Å². The minimum Gasteiger partial charge on any atom is -0.467 e. The Morgan fingerprint density at radius 3 is 2.22 bits per heavy atom. The largest absolute Gasteiger partial charge is 0.467 e. The number of imide groups is 1. The maximum atomic E-state index is 11.7. The first-order valence-electron chi connectivity index (χ1n) is 6.95. The van der Waals surface area contributed by atoms with E-state index in [2.05, 4.69) is 20.2 Å². The van der Waals surface area contributed by atoms with Crippen molar-refractivity contribution in [2.75, 3.05) is 13.7 Å². The van der Waals surface area contributed by atoms with Gasteiger partial charge in [-0.2, -0.15) is 0 Å². The summed E-state index contributed by atoms with van der Waals surface area (Å²) in [5.74, 6) is -3.05. The zero-order valence-electron chi connectivity index (χ0n) is 13.1. The molecular formula is C13H19N3O7. The van der Waals surface area contributed by atoms with Crippen LogP contribution in [0.3, 0.4) is 0 Å². The Labute approximate surface area is 132 Å². The molecule has 0 aromatic carbocycles. The van der Waals surface area contributed by atoms with Gasteiger partial charge in [-0.15, -0.1) is 5.06 Å².